The molecule has 2 aromatic rings. The number of carbonyl (C=O) groups is 3. The summed E-state index contributed by atoms with van der Waals surface area (Å²) in [6.07, 6.45) is 0.0942. The van der Waals surface area contributed by atoms with Gasteiger partial charge >= 0.3 is 0 Å². The van der Waals surface area contributed by atoms with Gasteiger partial charge < -0.3 is 5.32 Å². The second-order valence-corrected chi connectivity index (χ2v) is 6.35. The molecule has 1 N–H and O–H groups in total. The molecule has 0 spiro atoms. The van der Waals surface area contributed by atoms with Gasteiger partial charge in [0.15, 0.2) is 5.78 Å². The average Bonchev–Trinajstić information content (AvgIpc) is 2.82. The van der Waals surface area contributed by atoms with Crippen molar-refractivity contribution in [3.8, 4) is 0 Å². The van der Waals surface area contributed by atoms with E-state index in [1.807, 2.05) is 32.0 Å². The molecule has 128 valence electrons. The first-order valence-corrected chi connectivity index (χ1v) is 8.19. The molecule has 1 aliphatic heterocycles. The molecular formula is C20H20N2O3. The third kappa shape index (κ3) is 3.18. The van der Waals surface area contributed by atoms with Crippen molar-refractivity contribution in [2.45, 2.75) is 33.2 Å². The fourth-order valence-electron chi connectivity index (χ4n) is 3.17. The Kier molecular flexibility index (Phi) is 4.40. The zero-order chi connectivity index (χ0) is 18.1. The summed E-state index contributed by atoms with van der Waals surface area (Å²) in [7, 11) is 0. The Morgan fingerprint density at radius 2 is 1.72 bits per heavy atom. The van der Waals surface area contributed by atoms with E-state index in [1.165, 1.54) is 11.8 Å². The first-order valence-electron chi connectivity index (χ1n) is 8.19. The van der Waals surface area contributed by atoms with Gasteiger partial charge in [-0.3, -0.25) is 14.4 Å². The number of amides is 2. The molecule has 0 aliphatic carbocycles. The molecule has 2 amide bonds. The summed E-state index contributed by atoms with van der Waals surface area (Å²) in [6, 6.07) is 12.0. The monoisotopic (exact) mass is 336 g/mol. The summed E-state index contributed by atoms with van der Waals surface area (Å²) >= 11 is 0. The SMILES string of the molecule is CC(=O)c1cccc(N[C@@H]2CC(=O)N(c3c(C)cccc3C)C2=O)c1. The smallest absolute Gasteiger partial charge is 0.256 e. The standard InChI is InChI=1S/C20H20N2O3/c1-12-6-4-7-13(2)19(12)22-18(24)11-17(20(22)25)21-16-9-5-8-15(10-16)14(3)23/h4-10,17,21H,11H2,1-3H3/t17-/m1/s1. The van der Waals surface area contributed by atoms with Crippen LogP contribution < -0.4 is 10.2 Å². The number of rotatable bonds is 4. The molecule has 3 rings (SSSR count). The van der Waals surface area contributed by atoms with Gasteiger partial charge in [0, 0.05) is 11.3 Å². The zero-order valence-corrected chi connectivity index (χ0v) is 14.5. The molecule has 5 nitrogen and oxygen atoms in total. The summed E-state index contributed by atoms with van der Waals surface area (Å²) in [5, 5.41) is 3.09. The van der Waals surface area contributed by atoms with Gasteiger partial charge in [0.1, 0.15) is 6.04 Å². The van der Waals surface area contributed by atoms with Crippen molar-refractivity contribution in [2.24, 2.45) is 0 Å². The van der Waals surface area contributed by atoms with E-state index in [0.717, 1.165) is 11.1 Å². The van der Waals surface area contributed by atoms with Crippen LogP contribution in [-0.4, -0.2) is 23.6 Å². The highest BCUT2D eigenvalue weighted by Crippen LogP contribution is 2.30. The van der Waals surface area contributed by atoms with Crippen LogP contribution in [0, 0.1) is 13.8 Å². The number of nitrogens with zero attached hydrogens (tertiary/aromatic N) is 1. The Labute approximate surface area is 146 Å². The third-order valence-electron chi connectivity index (χ3n) is 4.42. The first-order chi connectivity index (χ1) is 11.9. The van der Waals surface area contributed by atoms with Crippen LogP contribution in [0.3, 0.4) is 0 Å². The molecule has 5 heteroatoms. The molecule has 0 aromatic heterocycles. The number of carbonyl (C=O) groups excluding carboxylic acids is 3. The average molecular weight is 336 g/mol. The van der Waals surface area contributed by atoms with Gasteiger partial charge in [0.2, 0.25) is 5.91 Å². The van der Waals surface area contributed by atoms with Crippen LogP contribution in [0.5, 0.6) is 0 Å². The summed E-state index contributed by atoms with van der Waals surface area (Å²) in [6.45, 7) is 5.27. The number of Topliss-reactive ketones (excluding diaryl/α,β-unsaturated/α-hetero) is 1. The fourth-order valence-corrected chi connectivity index (χ4v) is 3.17. The minimum atomic E-state index is -0.631. The maximum Gasteiger partial charge on any atom is 0.256 e. The lowest BCUT2D eigenvalue weighted by Crippen LogP contribution is -2.35. The van der Waals surface area contributed by atoms with Crippen molar-refractivity contribution in [2.75, 3.05) is 10.2 Å². The van der Waals surface area contributed by atoms with Gasteiger partial charge in [0.05, 0.1) is 12.1 Å². The van der Waals surface area contributed by atoms with Crippen LogP contribution in [0.4, 0.5) is 11.4 Å². The van der Waals surface area contributed by atoms with E-state index in [4.69, 9.17) is 0 Å². The molecule has 1 aliphatic rings. The lowest BCUT2D eigenvalue weighted by atomic mass is 10.1. The van der Waals surface area contributed by atoms with Crippen molar-refractivity contribution in [1.82, 2.24) is 0 Å². The minimum absolute atomic E-state index is 0.0466. The highest BCUT2D eigenvalue weighted by Gasteiger charge is 2.40. The third-order valence-corrected chi connectivity index (χ3v) is 4.42. The summed E-state index contributed by atoms with van der Waals surface area (Å²) in [5.41, 5.74) is 3.66. The largest absolute Gasteiger partial charge is 0.373 e. The van der Waals surface area contributed by atoms with Crippen molar-refractivity contribution in [1.29, 1.82) is 0 Å². The Morgan fingerprint density at radius 1 is 1.08 bits per heavy atom. The van der Waals surface area contributed by atoms with E-state index >= 15 is 0 Å². The maximum atomic E-state index is 12.8. The van der Waals surface area contributed by atoms with Gasteiger partial charge in [-0.2, -0.15) is 0 Å². The second-order valence-electron chi connectivity index (χ2n) is 6.35. The highest BCUT2D eigenvalue weighted by atomic mass is 16.2. The van der Waals surface area contributed by atoms with Crippen LogP contribution in [-0.2, 0) is 9.59 Å². The Balaban J connectivity index is 1.87. The molecular weight excluding hydrogens is 316 g/mol. The number of ketones is 1. The van der Waals surface area contributed by atoms with E-state index in [-0.39, 0.29) is 24.0 Å². The van der Waals surface area contributed by atoms with E-state index < -0.39 is 6.04 Å². The number of para-hydroxylation sites is 1. The van der Waals surface area contributed by atoms with E-state index in [2.05, 4.69) is 5.32 Å². The van der Waals surface area contributed by atoms with Crippen LogP contribution in [0.2, 0.25) is 0 Å². The van der Waals surface area contributed by atoms with Gasteiger partial charge in [-0.15, -0.1) is 0 Å². The number of nitrogens with one attached hydrogen (secondary N) is 1. The predicted octanol–water partition coefficient (Wildman–Crippen LogP) is 3.25. The Bertz CT molecular complexity index is 853. The number of hydrogen-bond donors (Lipinski definition) is 1. The topological polar surface area (TPSA) is 66.5 Å². The first kappa shape index (κ1) is 16.9. The lowest BCUT2D eigenvalue weighted by Gasteiger charge is -2.20. The Morgan fingerprint density at radius 3 is 2.36 bits per heavy atom. The molecule has 0 unspecified atom stereocenters. The molecule has 1 fully saturated rings. The quantitative estimate of drug-likeness (QED) is 0.687. The maximum absolute atomic E-state index is 12.8. The summed E-state index contributed by atoms with van der Waals surface area (Å²) < 4.78 is 0. The van der Waals surface area contributed by atoms with Crippen molar-refractivity contribution >= 4 is 29.0 Å². The van der Waals surface area contributed by atoms with Gasteiger partial charge in [-0.1, -0.05) is 30.3 Å². The highest BCUT2D eigenvalue weighted by molar-refractivity contribution is 6.23. The van der Waals surface area contributed by atoms with Gasteiger partial charge in [-0.05, 0) is 44.0 Å². The van der Waals surface area contributed by atoms with Crippen molar-refractivity contribution in [3.63, 3.8) is 0 Å². The lowest BCUT2D eigenvalue weighted by molar-refractivity contribution is -0.121. The zero-order valence-electron chi connectivity index (χ0n) is 14.5. The molecule has 0 radical (unpaired) electrons. The van der Waals surface area contributed by atoms with Crippen LogP contribution in [0.1, 0.15) is 34.8 Å². The number of hydrogen-bond acceptors (Lipinski definition) is 4. The number of anilines is 2. The van der Waals surface area contributed by atoms with Crippen LogP contribution in [0.15, 0.2) is 42.5 Å². The normalized spacial score (nSPS) is 17.1. The molecule has 1 saturated heterocycles. The van der Waals surface area contributed by atoms with Gasteiger partial charge in [-0.25, -0.2) is 4.90 Å². The second kappa shape index (κ2) is 6.51. The number of imide groups is 1. The molecule has 2 aromatic carbocycles. The minimum Gasteiger partial charge on any atom is -0.373 e. The van der Waals surface area contributed by atoms with Crippen LogP contribution >= 0.6 is 0 Å². The molecule has 1 atom stereocenters. The van der Waals surface area contributed by atoms with E-state index in [1.54, 1.807) is 24.3 Å². The molecule has 1 heterocycles. The molecule has 25 heavy (non-hydrogen) atoms. The van der Waals surface area contributed by atoms with Gasteiger partial charge in [0.25, 0.3) is 5.91 Å². The van der Waals surface area contributed by atoms with E-state index in [0.29, 0.717) is 16.9 Å². The molecule has 0 bridgehead atoms. The summed E-state index contributed by atoms with van der Waals surface area (Å²) in [4.78, 5) is 38.1. The number of benzene rings is 2. The fraction of sp³-hybridized carbons (Fsp3) is 0.250. The van der Waals surface area contributed by atoms with Crippen molar-refractivity contribution in [3.05, 3.63) is 59.2 Å². The number of aryl methyl sites for hydroxylation is 2. The van der Waals surface area contributed by atoms with Crippen LogP contribution in [0.25, 0.3) is 0 Å². The Hall–Kier alpha value is -2.95. The summed E-state index contributed by atoms with van der Waals surface area (Å²) in [5.74, 6) is -0.534. The molecule has 0 saturated carbocycles. The predicted molar refractivity (Wildman–Crippen MR) is 96.9 cm³/mol. The van der Waals surface area contributed by atoms with E-state index in [9.17, 15) is 14.4 Å². The van der Waals surface area contributed by atoms with Crippen molar-refractivity contribution < 1.29 is 14.4 Å².